The predicted molar refractivity (Wildman–Crippen MR) is 77.1 cm³/mol. The third-order valence-corrected chi connectivity index (χ3v) is 3.78. The fourth-order valence-electron chi connectivity index (χ4n) is 1.97. The number of carbonyl (C=O) groups is 2. The lowest BCUT2D eigenvalue weighted by atomic mass is 10.0. The molecule has 1 fully saturated rings. The highest BCUT2D eigenvalue weighted by Crippen LogP contribution is 2.22. The van der Waals surface area contributed by atoms with Gasteiger partial charge in [-0.05, 0) is 47.5 Å². The van der Waals surface area contributed by atoms with Crippen LogP contribution in [0.1, 0.15) is 23.7 Å². The maximum atomic E-state index is 11.9. The monoisotopic (exact) mass is 342 g/mol. The van der Waals surface area contributed by atoms with Crippen molar-refractivity contribution in [1.29, 1.82) is 0 Å². The summed E-state index contributed by atoms with van der Waals surface area (Å²) < 4.78 is 5.72. The molecule has 1 atom stereocenters. The van der Waals surface area contributed by atoms with Gasteiger partial charge in [0, 0.05) is 16.8 Å². The Morgan fingerprint density at radius 1 is 1.45 bits per heavy atom. The lowest BCUT2D eigenvalue weighted by molar-refractivity contribution is 0.0696. The number of rotatable bonds is 3. The number of aromatic carboxylic acids is 1. The highest BCUT2D eigenvalue weighted by molar-refractivity contribution is 9.10. The summed E-state index contributed by atoms with van der Waals surface area (Å²) >= 11 is 3.15. The summed E-state index contributed by atoms with van der Waals surface area (Å²) in [5.74, 6) is -1.06. The Morgan fingerprint density at radius 3 is 2.80 bits per heavy atom. The zero-order chi connectivity index (χ0) is 14.8. The zero-order valence-electron chi connectivity index (χ0n) is 10.9. The van der Waals surface area contributed by atoms with Gasteiger partial charge >= 0.3 is 12.0 Å². The van der Waals surface area contributed by atoms with Gasteiger partial charge in [0.15, 0.2) is 0 Å². The first-order chi connectivity index (χ1) is 9.39. The Kier molecular flexibility index (Phi) is 4.29. The van der Waals surface area contributed by atoms with E-state index in [0.29, 0.717) is 23.4 Å². The fraction of sp³-hybridized carbons (Fsp3) is 0.385. The Balaban J connectivity index is 2.04. The Labute approximate surface area is 124 Å². The second kappa shape index (κ2) is 5.80. The summed E-state index contributed by atoms with van der Waals surface area (Å²) in [5.41, 5.74) is 0.138. The van der Waals surface area contributed by atoms with Gasteiger partial charge in [0.25, 0.3) is 0 Å². The van der Waals surface area contributed by atoms with Crippen LogP contribution >= 0.6 is 15.9 Å². The summed E-state index contributed by atoms with van der Waals surface area (Å²) in [6.07, 6.45) is 0.751. The fourth-order valence-corrected chi connectivity index (χ4v) is 2.39. The zero-order valence-corrected chi connectivity index (χ0v) is 12.5. The summed E-state index contributed by atoms with van der Waals surface area (Å²) in [7, 11) is 0. The van der Waals surface area contributed by atoms with Crippen LogP contribution < -0.4 is 10.6 Å². The van der Waals surface area contributed by atoms with Crippen molar-refractivity contribution in [3.05, 3.63) is 28.2 Å². The second-order valence-corrected chi connectivity index (χ2v) is 5.80. The first-order valence-corrected chi connectivity index (χ1v) is 6.89. The van der Waals surface area contributed by atoms with Gasteiger partial charge in [-0.25, -0.2) is 9.59 Å². The third-order valence-electron chi connectivity index (χ3n) is 3.09. The number of halogens is 1. The Bertz CT molecular complexity index is 541. The van der Waals surface area contributed by atoms with Gasteiger partial charge in [-0.15, -0.1) is 0 Å². The summed E-state index contributed by atoms with van der Waals surface area (Å²) in [5, 5.41) is 14.5. The molecule has 1 aromatic rings. The average molecular weight is 343 g/mol. The number of anilines is 1. The topological polar surface area (TPSA) is 87.7 Å². The van der Waals surface area contributed by atoms with Crippen molar-refractivity contribution < 1.29 is 19.4 Å². The molecule has 7 heteroatoms. The first-order valence-electron chi connectivity index (χ1n) is 6.09. The molecule has 1 unspecified atom stereocenters. The molecule has 1 aliphatic rings. The number of ether oxygens (including phenoxy) is 1. The van der Waals surface area contributed by atoms with Crippen molar-refractivity contribution in [2.75, 3.05) is 18.5 Å². The third kappa shape index (κ3) is 3.49. The normalized spacial score (nSPS) is 21.5. The van der Waals surface area contributed by atoms with Crippen molar-refractivity contribution >= 4 is 33.6 Å². The quantitative estimate of drug-likeness (QED) is 0.787. The van der Waals surface area contributed by atoms with Crippen LogP contribution in [0.5, 0.6) is 0 Å². The molecule has 1 aliphatic heterocycles. The highest BCUT2D eigenvalue weighted by atomic mass is 79.9. The van der Waals surface area contributed by atoms with E-state index in [1.54, 1.807) is 12.1 Å². The number of benzene rings is 1. The molecular weight excluding hydrogens is 328 g/mol. The summed E-state index contributed by atoms with van der Waals surface area (Å²) in [6, 6.07) is 4.24. The van der Waals surface area contributed by atoms with Gasteiger partial charge < -0.3 is 20.5 Å². The summed E-state index contributed by atoms with van der Waals surface area (Å²) in [4.78, 5) is 22.9. The number of amides is 2. The minimum Gasteiger partial charge on any atom is -0.478 e. The van der Waals surface area contributed by atoms with Crippen molar-refractivity contribution in [3.8, 4) is 0 Å². The molecule has 0 radical (unpaired) electrons. The van der Waals surface area contributed by atoms with Crippen LogP contribution in [0, 0.1) is 0 Å². The Morgan fingerprint density at radius 2 is 2.20 bits per heavy atom. The number of hydrogen-bond acceptors (Lipinski definition) is 3. The van der Waals surface area contributed by atoms with Crippen LogP contribution in [-0.4, -0.2) is 35.9 Å². The minimum atomic E-state index is -1.06. The predicted octanol–water partition coefficient (Wildman–Crippen LogP) is 2.45. The molecule has 6 nitrogen and oxygen atoms in total. The number of carboxylic acids is 1. The lowest BCUT2D eigenvalue weighted by Gasteiger charge is -2.23. The van der Waals surface area contributed by atoms with E-state index in [1.165, 1.54) is 6.07 Å². The molecule has 1 heterocycles. The van der Waals surface area contributed by atoms with Crippen LogP contribution in [0.25, 0.3) is 0 Å². The molecule has 3 N–H and O–H groups in total. The maximum absolute atomic E-state index is 11.9. The molecule has 0 bridgehead atoms. The van der Waals surface area contributed by atoms with E-state index in [4.69, 9.17) is 9.84 Å². The number of urea groups is 1. The minimum absolute atomic E-state index is 0.0956. The smallest absolute Gasteiger partial charge is 0.336 e. The summed E-state index contributed by atoms with van der Waals surface area (Å²) in [6.45, 7) is 3.00. The maximum Gasteiger partial charge on any atom is 0.336 e. The van der Waals surface area contributed by atoms with E-state index < -0.39 is 5.97 Å². The van der Waals surface area contributed by atoms with E-state index in [9.17, 15) is 9.59 Å². The second-order valence-electron chi connectivity index (χ2n) is 4.94. The molecule has 20 heavy (non-hydrogen) atoms. The van der Waals surface area contributed by atoms with Gasteiger partial charge in [0.05, 0.1) is 17.7 Å². The van der Waals surface area contributed by atoms with Crippen LogP contribution in [-0.2, 0) is 4.74 Å². The molecule has 1 aromatic carbocycles. The molecule has 2 rings (SSSR count). The van der Waals surface area contributed by atoms with Crippen LogP contribution in [0.15, 0.2) is 22.7 Å². The largest absolute Gasteiger partial charge is 0.478 e. The number of carbonyl (C=O) groups excluding carboxylic acids is 1. The van der Waals surface area contributed by atoms with E-state index in [-0.39, 0.29) is 17.1 Å². The standard InChI is InChI=1S/C13H15BrN2O4/c1-13(4-5-20-7-13)16-12(19)15-8-2-3-10(14)9(6-8)11(17)18/h2-3,6H,4-5,7H2,1H3,(H,17,18)(H2,15,16,19). The first kappa shape index (κ1) is 14.8. The molecule has 108 valence electrons. The average Bonchev–Trinajstić information content (AvgIpc) is 2.77. The van der Waals surface area contributed by atoms with E-state index >= 15 is 0 Å². The molecule has 2 amide bonds. The highest BCUT2D eigenvalue weighted by Gasteiger charge is 2.31. The van der Waals surface area contributed by atoms with Gasteiger partial charge in [0.2, 0.25) is 0 Å². The number of hydrogen-bond donors (Lipinski definition) is 3. The van der Waals surface area contributed by atoms with Crippen molar-refractivity contribution in [2.45, 2.75) is 18.9 Å². The van der Waals surface area contributed by atoms with E-state index in [0.717, 1.165) is 6.42 Å². The molecule has 0 aliphatic carbocycles. The van der Waals surface area contributed by atoms with E-state index in [2.05, 4.69) is 26.6 Å². The molecule has 0 saturated carbocycles. The number of nitrogens with one attached hydrogen (secondary N) is 2. The van der Waals surface area contributed by atoms with Crippen LogP contribution in [0.2, 0.25) is 0 Å². The van der Waals surface area contributed by atoms with Gasteiger partial charge in [0.1, 0.15) is 0 Å². The lowest BCUT2D eigenvalue weighted by Crippen LogP contribution is -2.48. The molecule has 0 aromatic heterocycles. The Hall–Kier alpha value is -1.60. The van der Waals surface area contributed by atoms with Crippen molar-refractivity contribution in [1.82, 2.24) is 5.32 Å². The van der Waals surface area contributed by atoms with Crippen molar-refractivity contribution in [2.24, 2.45) is 0 Å². The molecule has 0 spiro atoms. The SMILES string of the molecule is CC1(NC(=O)Nc2ccc(Br)c(C(=O)O)c2)CCOC1. The van der Waals surface area contributed by atoms with Crippen LogP contribution in [0.4, 0.5) is 10.5 Å². The molecular formula is C13H15BrN2O4. The van der Waals surface area contributed by atoms with Gasteiger partial charge in [-0.3, -0.25) is 0 Å². The number of carboxylic acid groups (broad SMARTS) is 1. The molecule has 1 saturated heterocycles. The van der Waals surface area contributed by atoms with Gasteiger partial charge in [-0.2, -0.15) is 0 Å². The van der Waals surface area contributed by atoms with Crippen molar-refractivity contribution in [3.63, 3.8) is 0 Å². The van der Waals surface area contributed by atoms with Crippen LogP contribution in [0.3, 0.4) is 0 Å². The van der Waals surface area contributed by atoms with Gasteiger partial charge in [-0.1, -0.05) is 0 Å². The van der Waals surface area contributed by atoms with E-state index in [1.807, 2.05) is 6.92 Å².